The van der Waals surface area contributed by atoms with Gasteiger partial charge in [-0.05, 0) is 25.0 Å². The number of thioether (sulfide) groups is 2. The molecule has 0 aromatic heterocycles. The molecule has 0 aliphatic carbocycles. The van der Waals surface area contributed by atoms with Gasteiger partial charge in [0, 0.05) is 28.0 Å². The van der Waals surface area contributed by atoms with E-state index in [0.717, 1.165) is 12.2 Å². The number of rotatable bonds is 4. The maximum Gasteiger partial charge on any atom is 0.122 e. The van der Waals surface area contributed by atoms with Crippen LogP contribution in [0.15, 0.2) is 18.2 Å². The molecule has 0 saturated carbocycles. The molecular weight excluding hydrogens is 274 g/mol. The summed E-state index contributed by atoms with van der Waals surface area (Å²) in [6.45, 7) is 4.41. The second-order valence-corrected chi connectivity index (χ2v) is 7.87. The van der Waals surface area contributed by atoms with Gasteiger partial charge in [-0.1, -0.05) is 24.6 Å². The molecule has 106 valence electrons. The molecule has 0 spiro atoms. The SMILES string of the molecule is COc1ccc(C)cc1CC(N)C1SCCSC1C. The van der Waals surface area contributed by atoms with Crippen molar-refractivity contribution in [1.29, 1.82) is 0 Å². The maximum atomic E-state index is 6.45. The highest BCUT2D eigenvalue weighted by Crippen LogP contribution is 2.34. The van der Waals surface area contributed by atoms with Crippen LogP contribution in [-0.4, -0.2) is 35.2 Å². The largest absolute Gasteiger partial charge is 0.496 e. The highest BCUT2D eigenvalue weighted by Gasteiger charge is 2.28. The Morgan fingerprint density at radius 3 is 2.79 bits per heavy atom. The van der Waals surface area contributed by atoms with Gasteiger partial charge in [0.2, 0.25) is 0 Å². The van der Waals surface area contributed by atoms with Crippen LogP contribution in [0, 0.1) is 6.92 Å². The highest BCUT2D eigenvalue weighted by molar-refractivity contribution is 8.07. The summed E-state index contributed by atoms with van der Waals surface area (Å²) < 4.78 is 5.45. The Balaban J connectivity index is 2.09. The van der Waals surface area contributed by atoms with E-state index in [0.29, 0.717) is 10.5 Å². The molecule has 2 rings (SSSR count). The molecule has 1 saturated heterocycles. The monoisotopic (exact) mass is 297 g/mol. The van der Waals surface area contributed by atoms with E-state index in [1.54, 1.807) is 7.11 Å². The van der Waals surface area contributed by atoms with Gasteiger partial charge in [0.05, 0.1) is 7.11 Å². The quantitative estimate of drug-likeness (QED) is 0.926. The van der Waals surface area contributed by atoms with Gasteiger partial charge in [-0.15, -0.1) is 0 Å². The Kier molecular flexibility index (Phi) is 5.48. The molecule has 0 radical (unpaired) electrons. The van der Waals surface area contributed by atoms with Crippen molar-refractivity contribution in [1.82, 2.24) is 0 Å². The van der Waals surface area contributed by atoms with Crippen molar-refractivity contribution in [2.75, 3.05) is 18.6 Å². The van der Waals surface area contributed by atoms with E-state index in [1.165, 1.54) is 22.6 Å². The fraction of sp³-hybridized carbons (Fsp3) is 0.600. The third kappa shape index (κ3) is 3.83. The molecule has 0 bridgehead atoms. The van der Waals surface area contributed by atoms with Gasteiger partial charge in [0.15, 0.2) is 0 Å². The lowest BCUT2D eigenvalue weighted by atomic mass is 10.00. The molecule has 1 aromatic rings. The Morgan fingerprint density at radius 1 is 1.37 bits per heavy atom. The number of hydrogen-bond acceptors (Lipinski definition) is 4. The average Bonchev–Trinajstić information content (AvgIpc) is 2.39. The molecule has 2 N–H and O–H groups in total. The summed E-state index contributed by atoms with van der Waals surface area (Å²) in [6.07, 6.45) is 0.896. The Hall–Kier alpha value is -0.320. The molecule has 1 heterocycles. The summed E-state index contributed by atoms with van der Waals surface area (Å²) in [5.41, 5.74) is 8.95. The lowest BCUT2D eigenvalue weighted by Crippen LogP contribution is -2.42. The van der Waals surface area contributed by atoms with Crippen molar-refractivity contribution < 1.29 is 4.74 Å². The number of benzene rings is 1. The first-order chi connectivity index (χ1) is 9.11. The van der Waals surface area contributed by atoms with Crippen molar-refractivity contribution >= 4 is 23.5 Å². The molecular formula is C15H23NOS2. The molecule has 19 heavy (non-hydrogen) atoms. The Morgan fingerprint density at radius 2 is 2.11 bits per heavy atom. The van der Waals surface area contributed by atoms with Crippen LogP contribution in [0.25, 0.3) is 0 Å². The third-order valence-corrected chi connectivity index (χ3v) is 6.82. The van der Waals surface area contributed by atoms with E-state index in [-0.39, 0.29) is 6.04 Å². The van der Waals surface area contributed by atoms with Gasteiger partial charge in [0.25, 0.3) is 0 Å². The first kappa shape index (κ1) is 15.1. The number of ether oxygens (including phenoxy) is 1. The van der Waals surface area contributed by atoms with Crippen molar-refractivity contribution in [2.45, 2.75) is 36.8 Å². The van der Waals surface area contributed by atoms with Crippen molar-refractivity contribution in [3.63, 3.8) is 0 Å². The summed E-state index contributed by atoms with van der Waals surface area (Å²) in [6, 6.07) is 6.53. The van der Waals surface area contributed by atoms with Crippen LogP contribution in [0.3, 0.4) is 0 Å². The Labute approximate surface area is 124 Å². The first-order valence-corrected chi connectivity index (χ1v) is 8.84. The minimum absolute atomic E-state index is 0.198. The normalized spacial score (nSPS) is 25.1. The topological polar surface area (TPSA) is 35.2 Å². The van der Waals surface area contributed by atoms with Gasteiger partial charge in [0.1, 0.15) is 5.75 Å². The smallest absolute Gasteiger partial charge is 0.122 e. The second-order valence-electron chi connectivity index (χ2n) is 5.09. The molecule has 0 amide bonds. The first-order valence-electron chi connectivity index (χ1n) is 6.74. The summed E-state index contributed by atoms with van der Waals surface area (Å²) >= 11 is 4.08. The van der Waals surface area contributed by atoms with Crippen LogP contribution in [0.1, 0.15) is 18.1 Å². The van der Waals surface area contributed by atoms with Crippen LogP contribution in [-0.2, 0) is 6.42 Å². The van der Waals surface area contributed by atoms with Gasteiger partial charge in [-0.25, -0.2) is 0 Å². The third-order valence-electron chi connectivity index (χ3n) is 3.55. The van der Waals surface area contributed by atoms with Crippen molar-refractivity contribution in [2.24, 2.45) is 5.73 Å². The molecule has 1 aliphatic rings. The van der Waals surface area contributed by atoms with E-state index >= 15 is 0 Å². The minimum atomic E-state index is 0.198. The molecule has 3 atom stereocenters. The van der Waals surface area contributed by atoms with Crippen LogP contribution in [0.2, 0.25) is 0 Å². The zero-order chi connectivity index (χ0) is 13.8. The zero-order valence-corrected chi connectivity index (χ0v) is 13.5. The van der Waals surface area contributed by atoms with Gasteiger partial charge in [-0.3, -0.25) is 0 Å². The van der Waals surface area contributed by atoms with Crippen LogP contribution in [0.5, 0.6) is 5.75 Å². The predicted octanol–water partition coefficient (Wildman–Crippen LogP) is 3.11. The van der Waals surface area contributed by atoms with Crippen LogP contribution in [0.4, 0.5) is 0 Å². The van der Waals surface area contributed by atoms with Crippen molar-refractivity contribution in [3.8, 4) is 5.75 Å². The second kappa shape index (κ2) is 6.91. The fourth-order valence-electron chi connectivity index (χ4n) is 2.56. The zero-order valence-electron chi connectivity index (χ0n) is 11.9. The van der Waals surface area contributed by atoms with E-state index in [1.807, 2.05) is 29.6 Å². The fourth-order valence-corrected chi connectivity index (χ4v) is 5.45. The number of nitrogens with two attached hydrogens (primary N) is 1. The van der Waals surface area contributed by atoms with Gasteiger partial charge >= 0.3 is 0 Å². The van der Waals surface area contributed by atoms with E-state index in [9.17, 15) is 0 Å². The minimum Gasteiger partial charge on any atom is -0.496 e. The van der Waals surface area contributed by atoms with E-state index in [4.69, 9.17) is 10.5 Å². The predicted molar refractivity (Wildman–Crippen MR) is 87.6 cm³/mol. The molecule has 2 nitrogen and oxygen atoms in total. The number of methoxy groups -OCH3 is 1. The van der Waals surface area contributed by atoms with Gasteiger partial charge < -0.3 is 10.5 Å². The standard InChI is InChI=1S/C15H23NOS2/c1-10-4-5-14(17-3)12(8-10)9-13(16)15-11(2)18-6-7-19-15/h4-5,8,11,13,15H,6-7,9,16H2,1-3H3. The van der Waals surface area contributed by atoms with Crippen LogP contribution < -0.4 is 10.5 Å². The summed E-state index contributed by atoms with van der Waals surface area (Å²) in [4.78, 5) is 0. The number of aryl methyl sites for hydroxylation is 1. The lowest BCUT2D eigenvalue weighted by molar-refractivity contribution is 0.407. The summed E-state index contributed by atoms with van der Waals surface area (Å²) in [7, 11) is 1.73. The molecule has 1 aromatic carbocycles. The maximum absolute atomic E-state index is 6.45. The van der Waals surface area contributed by atoms with Crippen molar-refractivity contribution in [3.05, 3.63) is 29.3 Å². The Bertz CT molecular complexity index is 425. The molecule has 4 heteroatoms. The lowest BCUT2D eigenvalue weighted by Gasteiger charge is -2.32. The molecule has 3 unspecified atom stereocenters. The van der Waals surface area contributed by atoms with Crippen LogP contribution >= 0.6 is 23.5 Å². The van der Waals surface area contributed by atoms with Gasteiger partial charge in [-0.2, -0.15) is 23.5 Å². The summed E-state index contributed by atoms with van der Waals surface area (Å²) in [5, 5.41) is 1.19. The van der Waals surface area contributed by atoms with E-state index < -0.39 is 0 Å². The van der Waals surface area contributed by atoms with E-state index in [2.05, 4.69) is 26.0 Å². The summed E-state index contributed by atoms with van der Waals surface area (Å²) in [5.74, 6) is 3.43. The molecule has 1 fully saturated rings. The highest BCUT2D eigenvalue weighted by atomic mass is 32.2. The molecule has 1 aliphatic heterocycles. The number of hydrogen-bond donors (Lipinski definition) is 1. The average molecular weight is 297 g/mol.